The Kier molecular flexibility index (Phi) is 7.36. The van der Waals surface area contributed by atoms with E-state index in [0.29, 0.717) is 29.2 Å². The summed E-state index contributed by atoms with van der Waals surface area (Å²) in [5.41, 5.74) is 2.23. The van der Waals surface area contributed by atoms with Gasteiger partial charge in [-0.25, -0.2) is 9.59 Å². The Morgan fingerprint density at radius 1 is 1.17 bits per heavy atom. The first-order chi connectivity index (χ1) is 13.8. The van der Waals surface area contributed by atoms with Crippen molar-refractivity contribution in [3.8, 4) is 5.75 Å². The zero-order chi connectivity index (χ0) is 21.6. The van der Waals surface area contributed by atoms with Gasteiger partial charge >= 0.3 is 11.9 Å². The van der Waals surface area contributed by atoms with Gasteiger partial charge in [0.25, 0.3) is 0 Å². The van der Waals surface area contributed by atoms with E-state index in [1.54, 1.807) is 26.0 Å². The molecular formula is C22H25NO6. The van der Waals surface area contributed by atoms with Gasteiger partial charge in [0.15, 0.2) is 6.10 Å². The van der Waals surface area contributed by atoms with Gasteiger partial charge in [-0.3, -0.25) is 4.79 Å². The Balaban J connectivity index is 2.10. The second kappa shape index (κ2) is 9.73. The van der Waals surface area contributed by atoms with Gasteiger partial charge in [0, 0.05) is 17.3 Å². The fourth-order valence-electron chi connectivity index (χ4n) is 2.94. The van der Waals surface area contributed by atoms with Crippen LogP contribution >= 0.6 is 0 Å². The lowest BCUT2D eigenvalue weighted by molar-refractivity contribution is -0.140. The van der Waals surface area contributed by atoms with Crippen LogP contribution in [0.4, 0.5) is 0 Å². The molecule has 0 amide bonds. The van der Waals surface area contributed by atoms with Crippen molar-refractivity contribution in [1.29, 1.82) is 0 Å². The summed E-state index contributed by atoms with van der Waals surface area (Å²) in [6.45, 7) is 7.17. The molecule has 0 saturated carbocycles. The van der Waals surface area contributed by atoms with Crippen LogP contribution in [0, 0.1) is 13.8 Å². The summed E-state index contributed by atoms with van der Waals surface area (Å²) >= 11 is 0. The van der Waals surface area contributed by atoms with Crippen molar-refractivity contribution in [3.05, 3.63) is 58.4 Å². The molecule has 2 rings (SSSR count). The van der Waals surface area contributed by atoms with E-state index < -0.39 is 23.8 Å². The topological polar surface area (TPSA) is 94.7 Å². The van der Waals surface area contributed by atoms with Gasteiger partial charge in [-0.05, 0) is 45.4 Å². The number of aromatic nitrogens is 1. The molecule has 7 nitrogen and oxygen atoms in total. The van der Waals surface area contributed by atoms with Crippen LogP contribution in [-0.4, -0.2) is 42.5 Å². The van der Waals surface area contributed by atoms with Crippen molar-refractivity contribution in [2.45, 2.75) is 33.8 Å². The summed E-state index contributed by atoms with van der Waals surface area (Å²) in [5.74, 6) is -0.977. The number of carbonyl (C=O) groups excluding carboxylic acids is 3. The van der Waals surface area contributed by atoms with Crippen LogP contribution in [0.1, 0.15) is 51.5 Å². The Bertz CT molecular complexity index is 941. The normalized spacial score (nSPS) is 11.9. The molecule has 0 bridgehead atoms. The van der Waals surface area contributed by atoms with Crippen molar-refractivity contribution in [1.82, 2.24) is 4.98 Å². The number of carbonyl (C=O) groups is 3. The van der Waals surface area contributed by atoms with E-state index in [4.69, 9.17) is 14.2 Å². The molecular weight excluding hydrogens is 374 g/mol. The molecule has 1 aromatic heterocycles. The number of ether oxygens (including phenoxy) is 3. The van der Waals surface area contributed by atoms with Gasteiger partial charge < -0.3 is 19.2 Å². The third-order valence-corrected chi connectivity index (χ3v) is 4.35. The SMILES string of the molecule is CCOc1ccccc1/C=C/C(=O)OC(C)C(=O)c1[nH]c(C)c(C(=O)OC)c1C. The average Bonchev–Trinajstić information content (AvgIpc) is 3.00. The van der Waals surface area contributed by atoms with Crippen LogP contribution in [0.2, 0.25) is 0 Å². The van der Waals surface area contributed by atoms with E-state index >= 15 is 0 Å². The van der Waals surface area contributed by atoms with E-state index in [9.17, 15) is 14.4 Å². The molecule has 1 aromatic carbocycles. The molecule has 7 heteroatoms. The minimum atomic E-state index is -1.03. The Hall–Kier alpha value is -3.35. The number of aryl methyl sites for hydroxylation is 1. The summed E-state index contributed by atoms with van der Waals surface area (Å²) in [6, 6.07) is 7.28. The lowest BCUT2D eigenvalue weighted by Crippen LogP contribution is -2.24. The first-order valence-corrected chi connectivity index (χ1v) is 9.22. The number of nitrogens with one attached hydrogen (secondary N) is 1. The average molecular weight is 399 g/mol. The molecule has 2 aromatic rings. The first-order valence-electron chi connectivity index (χ1n) is 9.22. The van der Waals surface area contributed by atoms with E-state index in [2.05, 4.69) is 4.98 Å². The minimum Gasteiger partial charge on any atom is -0.493 e. The van der Waals surface area contributed by atoms with Gasteiger partial charge in [0.1, 0.15) is 5.75 Å². The monoisotopic (exact) mass is 399 g/mol. The highest BCUT2D eigenvalue weighted by atomic mass is 16.5. The highest BCUT2D eigenvalue weighted by molar-refractivity contribution is 6.04. The number of Topliss-reactive ketones (excluding diaryl/α,β-unsaturated/α-hetero) is 1. The number of aromatic amines is 1. The summed E-state index contributed by atoms with van der Waals surface area (Å²) in [6.07, 6.45) is 1.79. The quantitative estimate of drug-likeness (QED) is 0.414. The molecule has 0 radical (unpaired) electrons. The molecule has 0 spiro atoms. The smallest absolute Gasteiger partial charge is 0.339 e. The van der Waals surface area contributed by atoms with E-state index in [1.165, 1.54) is 20.1 Å². The van der Waals surface area contributed by atoms with Gasteiger partial charge in [0.2, 0.25) is 5.78 Å². The second-order valence-corrected chi connectivity index (χ2v) is 6.36. The number of esters is 2. The summed E-state index contributed by atoms with van der Waals surface area (Å²) in [4.78, 5) is 39.6. The fraction of sp³-hybridized carbons (Fsp3) is 0.318. The Morgan fingerprint density at radius 2 is 1.86 bits per heavy atom. The molecule has 0 fully saturated rings. The molecule has 0 aliphatic carbocycles. The molecule has 1 heterocycles. The highest BCUT2D eigenvalue weighted by Gasteiger charge is 2.27. The number of benzene rings is 1. The molecule has 1 N–H and O–H groups in total. The number of ketones is 1. The minimum absolute atomic E-state index is 0.217. The lowest BCUT2D eigenvalue weighted by atomic mass is 10.1. The first kappa shape index (κ1) is 21.9. The van der Waals surface area contributed by atoms with E-state index in [-0.39, 0.29) is 5.69 Å². The van der Waals surface area contributed by atoms with E-state index in [0.717, 1.165) is 5.56 Å². The summed E-state index contributed by atoms with van der Waals surface area (Å²) < 4.78 is 15.5. The number of para-hydroxylation sites is 1. The maximum Gasteiger partial charge on any atom is 0.339 e. The fourth-order valence-corrected chi connectivity index (χ4v) is 2.94. The van der Waals surface area contributed by atoms with E-state index in [1.807, 2.05) is 25.1 Å². The predicted molar refractivity (Wildman–Crippen MR) is 108 cm³/mol. The third-order valence-electron chi connectivity index (χ3n) is 4.35. The van der Waals surface area contributed by atoms with Crippen LogP contribution in [0.15, 0.2) is 30.3 Å². The number of hydrogen-bond acceptors (Lipinski definition) is 6. The van der Waals surface area contributed by atoms with Crippen molar-refractivity contribution >= 4 is 23.8 Å². The number of rotatable bonds is 8. The van der Waals surface area contributed by atoms with Crippen LogP contribution in [-0.2, 0) is 14.3 Å². The lowest BCUT2D eigenvalue weighted by Gasteiger charge is -2.11. The molecule has 29 heavy (non-hydrogen) atoms. The van der Waals surface area contributed by atoms with Crippen molar-refractivity contribution in [3.63, 3.8) is 0 Å². The van der Waals surface area contributed by atoms with Gasteiger partial charge in [-0.15, -0.1) is 0 Å². The van der Waals surface area contributed by atoms with Gasteiger partial charge in [-0.2, -0.15) is 0 Å². The number of H-pyrrole nitrogens is 1. The van der Waals surface area contributed by atoms with Crippen molar-refractivity contribution < 1.29 is 28.6 Å². The molecule has 1 atom stereocenters. The second-order valence-electron chi connectivity index (χ2n) is 6.36. The van der Waals surface area contributed by atoms with Crippen molar-refractivity contribution in [2.75, 3.05) is 13.7 Å². The predicted octanol–water partition coefficient (Wildman–Crippen LogP) is 3.64. The van der Waals surface area contributed by atoms with Crippen LogP contribution in [0.25, 0.3) is 6.08 Å². The molecule has 0 aliphatic heterocycles. The standard InChI is InChI=1S/C22H25NO6/c1-6-28-17-10-8-7-9-16(17)11-12-18(24)29-15(4)21(25)20-13(2)19(14(3)23-20)22(26)27-5/h7-12,15,23H,6H2,1-5H3/b12-11+. The molecule has 1 unspecified atom stereocenters. The van der Waals surface area contributed by atoms with Crippen LogP contribution < -0.4 is 4.74 Å². The van der Waals surface area contributed by atoms with Crippen LogP contribution in [0.5, 0.6) is 5.75 Å². The highest BCUT2D eigenvalue weighted by Crippen LogP contribution is 2.21. The summed E-state index contributed by atoms with van der Waals surface area (Å²) in [5, 5.41) is 0. The summed E-state index contributed by atoms with van der Waals surface area (Å²) in [7, 11) is 1.27. The third kappa shape index (κ3) is 5.13. The maximum atomic E-state index is 12.7. The Morgan fingerprint density at radius 3 is 2.52 bits per heavy atom. The Labute approximate surface area is 169 Å². The van der Waals surface area contributed by atoms with Gasteiger partial charge in [0.05, 0.1) is 25.0 Å². The van der Waals surface area contributed by atoms with Crippen LogP contribution in [0.3, 0.4) is 0 Å². The number of methoxy groups -OCH3 is 1. The zero-order valence-corrected chi connectivity index (χ0v) is 17.2. The molecule has 0 aliphatic rings. The maximum absolute atomic E-state index is 12.7. The zero-order valence-electron chi connectivity index (χ0n) is 17.2. The largest absolute Gasteiger partial charge is 0.493 e. The molecule has 0 saturated heterocycles. The molecule has 154 valence electrons. The van der Waals surface area contributed by atoms with Crippen molar-refractivity contribution in [2.24, 2.45) is 0 Å². The number of hydrogen-bond donors (Lipinski definition) is 1. The van der Waals surface area contributed by atoms with Gasteiger partial charge in [-0.1, -0.05) is 18.2 Å².